The number of hydrogen-bond donors (Lipinski definition) is 1. The van der Waals surface area contributed by atoms with Gasteiger partial charge in [-0.2, -0.15) is 0 Å². The van der Waals surface area contributed by atoms with Crippen molar-refractivity contribution in [2.75, 3.05) is 11.5 Å². The Hall–Kier alpha value is -1.00. The van der Waals surface area contributed by atoms with Crippen LogP contribution >= 0.6 is 23.1 Å². The zero-order valence-corrected chi connectivity index (χ0v) is 9.85. The van der Waals surface area contributed by atoms with Gasteiger partial charge in [-0.15, -0.1) is 23.1 Å². The van der Waals surface area contributed by atoms with Crippen molar-refractivity contribution in [2.45, 2.75) is 11.3 Å². The second-order valence-corrected chi connectivity index (χ2v) is 5.39. The Bertz CT molecular complexity index is 412. The van der Waals surface area contributed by atoms with Gasteiger partial charge in [0.15, 0.2) is 5.13 Å². The van der Waals surface area contributed by atoms with Gasteiger partial charge >= 0.3 is 0 Å². The maximum absolute atomic E-state index is 5.56. The number of nitrogens with two attached hydrogens (primary N) is 1. The van der Waals surface area contributed by atoms with Gasteiger partial charge < -0.3 is 5.73 Å². The first kappa shape index (κ1) is 10.5. The van der Waals surface area contributed by atoms with Crippen LogP contribution in [0.4, 0.5) is 5.13 Å². The molecule has 0 saturated carbocycles. The highest BCUT2D eigenvalue weighted by atomic mass is 32.2. The summed E-state index contributed by atoms with van der Waals surface area (Å²) in [5, 5.41) is 0.662. The molecule has 0 radical (unpaired) electrons. The van der Waals surface area contributed by atoms with Gasteiger partial charge in [0.25, 0.3) is 0 Å². The molecule has 0 bridgehead atoms. The van der Waals surface area contributed by atoms with E-state index in [0.29, 0.717) is 5.13 Å². The number of aryl methyl sites for hydroxylation is 1. The van der Waals surface area contributed by atoms with Crippen LogP contribution in [0, 0.1) is 0 Å². The third-order valence-electron chi connectivity index (χ3n) is 1.93. The number of nitrogen functional groups attached to an aromatic ring is 1. The van der Waals surface area contributed by atoms with Crippen LogP contribution in [0.5, 0.6) is 0 Å². The Morgan fingerprint density at radius 1 is 1.27 bits per heavy atom. The molecule has 0 aliphatic heterocycles. The highest BCUT2D eigenvalue weighted by Crippen LogP contribution is 2.21. The molecule has 0 atom stereocenters. The van der Waals surface area contributed by atoms with Gasteiger partial charge in [-0.3, -0.25) is 0 Å². The molecule has 1 heterocycles. The first-order valence-corrected chi connectivity index (χ1v) is 6.53. The molecule has 0 aliphatic carbocycles. The normalized spacial score (nSPS) is 10.4. The maximum atomic E-state index is 5.56. The molecule has 2 aromatic rings. The molecular formula is C11H12N2S2. The number of hydrogen-bond acceptors (Lipinski definition) is 4. The number of benzene rings is 1. The monoisotopic (exact) mass is 236 g/mol. The van der Waals surface area contributed by atoms with Crippen molar-refractivity contribution in [3.05, 3.63) is 41.4 Å². The van der Waals surface area contributed by atoms with E-state index in [1.807, 2.05) is 24.0 Å². The molecule has 2 nitrogen and oxygen atoms in total. The average Bonchev–Trinajstić information content (AvgIpc) is 2.66. The van der Waals surface area contributed by atoms with Crippen molar-refractivity contribution >= 4 is 28.2 Å². The summed E-state index contributed by atoms with van der Waals surface area (Å²) in [7, 11) is 0. The van der Waals surface area contributed by atoms with E-state index in [1.54, 1.807) is 11.3 Å². The van der Waals surface area contributed by atoms with Gasteiger partial charge in [0.05, 0.1) is 0 Å². The highest BCUT2D eigenvalue weighted by molar-refractivity contribution is 7.99. The molecule has 0 spiro atoms. The molecule has 0 saturated heterocycles. The summed E-state index contributed by atoms with van der Waals surface area (Å²) in [5.41, 5.74) is 5.56. The predicted octanol–water partition coefficient (Wildman–Crippen LogP) is 3.06. The van der Waals surface area contributed by atoms with E-state index in [0.717, 1.165) is 12.2 Å². The smallest absolute Gasteiger partial charge is 0.180 e. The fourth-order valence-corrected chi connectivity index (χ4v) is 2.94. The second kappa shape index (κ2) is 5.19. The van der Waals surface area contributed by atoms with Crippen molar-refractivity contribution in [1.29, 1.82) is 0 Å². The third kappa shape index (κ3) is 3.25. The Balaban J connectivity index is 1.80. The van der Waals surface area contributed by atoms with Crippen LogP contribution in [0.3, 0.4) is 0 Å². The molecule has 15 heavy (non-hydrogen) atoms. The average molecular weight is 236 g/mol. The number of thioether (sulfide) groups is 1. The Morgan fingerprint density at radius 3 is 2.73 bits per heavy atom. The number of nitrogens with zero attached hydrogens (tertiary/aromatic N) is 1. The van der Waals surface area contributed by atoms with E-state index >= 15 is 0 Å². The van der Waals surface area contributed by atoms with Crippen LogP contribution in [0.2, 0.25) is 0 Å². The molecule has 0 fully saturated rings. The van der Waals surface area contributed by atoms with Crippen LogP contribution in [0.1, 0.15) is 4.88 Å². The van der Waals surface area contributed by atoms with E-state index in [9.17, 15) is 0 Å². The van der Waals surface area contributed by atoms with E-state index < -0.39 is 0 Å². The second-order valence-electron chi connectivity index (χ2n) is 3.08. The third-order valence-corrected chi connectivity index (χ3v) is 3.83. The van der Waals surface area contributed by atoms with Crippen LogP contribution < -0.4 is 5.73 Å². The first-order chi connectivity index (χ1) is 7.34. The van der Waals surface area contributed by atoms with Gasteiger partial charge in [-0.05, 0) is 18.6 Å². The Kier molecular flexibility index (Phi) is 3.64. The highest BCUT2D eigenvalue weighted by Gasteiger charge is 1.99. The zero-order valence-electron chi connectivity index (χ0n) is 8.22. The van der Waals surface area contributed by atoms with Gasteiger partial charge in [0.1, 0.15) is 0 Å². The largest absolute Gasteiger partial charge is 0.375 e. The van der Waals surface area contributed by atoms with Crippen molar-refractivity contribution in [1.82, 2.24) is 4.98 Å². The van der Waals surface area contributed by atoms with Crippen LogP contribution in [0.25, 0.3) is 0 Å². The lowest BCUT2D eigenvalue weighted by Crippen LogP contribution is -1.83. The SMILES string of the molecule is Nc1ncc(CCSc2ccccc2)s1. The molecule has 1 aromatic carbocycles. The Morgan fingerprint density at radius 2 is 2.07 bits per heavy atom. The molecule has 2 rings (SSSR count). The van der Waals surface area contributed by atoms with Crippen LogP contribution in [-0.2, 0) is 6.42 Å². The fourth-order valence-electron chi connectivity index (χ4n) is 1.22. The topological polar surface area (TPSA) is 38.9 Å². The molecular weight excluding hydrogens is 224 g/mol. The number of thiazole rings is 1. The molecule has 0 amide bonds. The molecule has 0 unspecified atom stereocenters. The fraction of sp³-hybridized carbons (Fsp3) is 0.182. The summed E-state index contributed by atoms with van der Waals surface area (Å²) in [6.07, 6.45) is 2.90. The lowest BCUT2D eigenvalue weighted by Gasteiger charge is -1.98. The summed E-state index contributed by atoms with van der Waals surface area (Å²) < 4.78 is 0. The first-order valence-electron chi connectivity index (χ1n) is 4.72. The van der Waals surface area contributed by atoms with Crippen molar-refractivity contribution in [3.63, 3.8) is 0 Å². The van der Waals surface area contributed by atoms with Gasteiger partial charge in [0, 0.05) is 21.7 Å². The summed E-state index contributed by atoms with van der Waals surface area (Å²) in [6.45, 7) is 0. The summed E-state index contributed by atoms with van der Waals surface area (Å²) in [4.78, 5) is 6.60. The minimum atomic E-state index is 0.662. The van der Waals surface area contributed by atoms with Crippen molar-refractivity contribution < 1.29 is 0 Å². The molecule has 2 N–H and O–H groups in total. The van der Waals surface area contributed by atoms with E-state index in [4.69, 9.17) is 5.73 Å². The summed E-state index contributed by atoms with van der Waals surface area (Å²) in [6, 6.07) is 10.4. The minimum absolute atomic E-state index is 0.662. The number of anilines is 1. The molecule has 78 valence electrons. The standard InChI is InChI=1S/C11H12N2S2/c12-11-13-8-10(15-11)6-7-14-9-4-2-1-3-5-9/h1-5,8H,6-7H2,(H2,12,13). The van der Waals surface area contributed by atoms with Crippen molar-refractivity contribution in [2.24, 2.45) is 0 Å². The Labute approximate surface area is 97.5 Å². The van der Waals surface area contributed by atoms with Gasteiger partial charge in [-0.1, -0.05) is 18.2 Å². The predicted molar refractivity (Wildman–Crippen MR) is 67.4 cm³/mol. The number of rotatable bonds is 4. The van der Waals surface area contributed by atoms with Crippen molar-refractivity contribution in [3.8, 4) is 0 Å². The zero-order chi connectivity index (χ0) is 10.5. The van der Waals surface area contributed by atoms with E-state index in [2.05, 4.69) is 29.2 Å². The lowest BCUT2D eigenvalue weighted by molar-refractivity contribution is 1.18. The van der Waals surface area contributed by atoms with Gasteiger partial charge in [-0.25, -0.2) is 4.98 Å². The summed E-state index contributed by atoms with van der Waals surface area (Å²) in [5.74, 6) is 1.08. The molecule has 1 aromatic heterocycles. The minimum Gasteiger partial charge on any atom is -0.375 e. The number of aromatic nitrogens is 1. The van der Waals surface area contributed by atoms with E-state index in [1.165, 1.54) is 9.77 Å². The lowest BCUT2D eigenvalue weighted by atomic mass is 10.4. The quantitative estimate of drug-likeness (QED) is 0.829. The molecule has 4 heteroatoms. The summed E-state index contributed by atoms with van der Waals surface area (Å²) >= 11 is 3.44. The maximum Gasteiger partial charge on any atom is 0.180 e. The van der Waals surface area contributed by atoms with Crippen LogP contribution in [0.15, 0.2) is 41.4 Å². The van der Waals surface area contributed by atoms with E-state index in [-0.39, 0.29) is 0 Å². The van der Waals surface area contributed by atoms with Crippen LogP contribution in [-0.4, -0.2) is 10.7 Å². The van der Waals surface area contributed by atoms with Gasteiger partial charge in [0.2, 0.25) is 0 Å². The molecule has 0 aliphatic rings.